The van der Waals surface area contributed by atoms with E-state index < -0.39 is 5.97 Å². The highest BCUT2D eigenvalue weighted by Crippen LogP contribution is 2.10. The van der Waals surface area contributed by atoms with Gasteiger partial charge >= 0.3 is 5.97 Å². The lowest BCUT2D eigenvalue weighted by molar-refractivity contribution is 0.0594. The van der Waals surface area contributed by atoms with Crippen LogP contribution in [0.4, 0.5) is 5.69 Å². The fourth-order valence-electron chi connectivity index (χ4n) is 1.64. The number of rotatable bonds is 6. The van der Waals surface area contributed by atoms with Gasteiger partial charge in [0.25, 0.3) is 0 Å². The molecule has 20 heavy (non-hydrogen) atoms. The number of methoxy groups -OCH3 is 1. The van der Waals surface area contributed by atoms with Crippen LogP contribution in [0.3, 0.4) is 0 Å². The lowest BCUT2D eigenvalue weighted by Gasteiger charge is -2.09. The number of pyridine rings is 1. The summed E-state index contributed by atoms with van der Waals surface area (Å²) < 4.78 is 10.2. The average Bonchev–Trinajstić information content (AvgIpc) is 2.52. The van der Waals surface area contributed by atoms with Gasteiger partial charge in [-0.25, -0.2) is 9.78 Å². The molecular formula is C15H16N2O3. The van der Waals surface area contributed by atoms with Gasteiger partial charge in [0.15, 0.2) is 0 Å². The quantitative estimate of drug-likeness (QED) is 0.646. The third-order valence-corrected chi connectivity index (χ3v) is 2.60. The van der Waals surface area contributed by atoms with Crippen LogP contribution in [0.25, 0.3) is 0 Å². The van der Waals surface area contributed by atoms with Crippen molar-refractivity contribution in [2.24, 2.45) is 0 Å². The molecule has 0 saturated carbocycles. The monoisotopic (exact) mass is 272 g/mol. The number of carbonyl (C=O) groups is 1. The first-order valence-electron chi connectivity index (χ1n) is 6.25. The molecule has 0 unspecified atom stereocenters. The van der Waals surface area contributed by atoms with Crippen LogP contribution in [0.1, 0.15) is 10.5 Å². The fourth-order valence-corrected chi connectivity index (χ4v) is 1.64. The number of nitrogens with one attached hydrogen (secondary N) is 1. The van der Waals surface area contributed by atoms with Crippen LogP contribution in [0, 0.1) is 0 Å². The van der Waals surface area contributed by atoms with Crippen molar-refractivity contribution < 1.29 is 14.3 Å². The van der Waals surface area contributed by atoms with Gasteiger partial charge in [0.1, 0.15) is 18.1 Å². The normalized spacial score (nSPS) is 9.85. The van der Waals surface area contributed by atoms with Crippen molar-refractivity contribution in [3.8, 4) is 5.75 Å². The molecule has 0 fully saturated rings. The van der Waals surface area contributed by atoms with Crippen molar-refractivity contribution in [2.75, 3.05) is 25.6 Å². The highest BCUT2D eigenvalue weighted by Gasteiger charge is 2.06. The summed E-state index contributed by atoms with van der Waals surface area (Å²) in [5.74, 6) is 0.383. The molecule has 2 aromatic rings. The van der Waals surface area contributed by atoms with Gasteiger partial charge < -0.3 is 14.8 Å². The Labute approximate surface area is 117 Å². The number of anilines is 1. The number of aromatic nitrogens is 1. The first-order valence-corrected chi connectivity index (χ1v) is 6.25. The predicted molar refractivity (Wildman–Crippen MR) is 76.0 cm³/mol. The van der Waals surface area contributed by atoms with Gasteiger partial charge in [-0.05, 0) is 24.3 Å². The largest absolute Gasteiger partial charge is 0.492 e. The number of hydrogen-bond donors (Lipinski definition) is 1. The van der Waals surface area contributed by atoms with E-state index in [1.165, 1.54) is 7.11 Å². The Morgan fingerprint density at radius 2 is 2.05 bits per heavy atom. The Morgan fingerprint density at radius 3 is 2.80 bits per heavy atom. The van der Waals surface area contributed by atoms with Crippen molar-refractivity contribution >= 4 is 11.7 Å². The zero-order chi connectivity index (χ0) is 14.2. The first kappa shape index (κ1) is 13.9. The summed E-state index contributed by atoms with van der Waals surface area (Å²) in [5, 5.41) is 3.16. The van der Waals surface area contributed by atoms with Crippen molar-refractivity contribution in [3.05, 3.63) is 54.4 Å². The predicted octanol–water partition coefficient (Wildman–Crippen LogP) is 2.36. The number of hydrogen-bond acceptors (Lipinski definition) is 5. The lowest BCUT2D eigenvalue weighted by atomic mass is 10.3. The van der Waals surface area contributed by atoms with E-state index in [0.717, 1.165) is 11.4 Å². The molecule has 5 heteroatoms. The van der Waals surface area contributed by atoms with Gasteiger partial charge in [0.2, 0.25) is 0 Å². The molecule has 0 bridgehead atoms. The molecule has 2 rings (SSSR count). The van der Waals surface area contributed by atoms with Gasteiger partial charge in [0.05, 0.1) is 7.11 Å². The average molecular weight is 272 g/mol. The molecule has 0 radical (unpaired) electrons. The topological polar surface area (TPSA) is 60.5 Å². The number of para-hydroxylation sites is 1. The molecule has 1 N–H and O–H groups in total. The van der Waals surface area contributed by atoms with Crippen LogP contribution < -0.4 is 10.1 Å². The third kappa shape index (κ3) is 3.98. The maximum Gasteiger partial charge on any atom is 0.356 e. The molecule has 104 valence electrons. The second-order valence-electron chi connectivity index (χ2n) is 4.01. The Hall–Kier alpha value is -2.56. The van der Waals surface area contributed by atoms with E-state index in [4.69, 9.17) is 4.74 Å². The van der Waals surface area contributed by atoms with Crippen LogP contribution in [0.15, 0.2) is 48.7 Å². The molecule has 1 aromatic heterocycles. The maximum absolute atomic E-state index is 11.3. The molecule has 0 spiro atoms. The van der Waals surface area contributed by atoms with Gasteiger partial charge in [-0.1, -0.05) is 18.2 Å². The van der Waals surface area contributed by atoms with E-state index in [1.807, 2.05) is 30.3 Å². The Morgan fingerprint density at radius 1 is 1.25 bits per heavy atom. The zero-order valence-corrected chi connectivity index (χ0v) is 11.2. The van der Waals surface area contributed by atoms with E-state index in [0.29, 0.717) is 13.2 Å². The van der Waals surface area contributed by atoms with E-state index in [-0.39, 0.29) is 5.69 Å². The van der Waals surface area contributed by atoms with Crippen LogP contribution >= 0.6 is 0 Å². The van der Waals surface area contributed by atoms with Gasteiger partial charge in [-0.15, -0.1) is 0 Å². The van der Waals surface area contributed by atoms with Crippen molar-refractivity contribution in [3.63, 3.8) is 0 Å². The molecule has 0 aliphatic carbocycles. The first-order chi connectivity index (χ1) is 9.79. The van der Waals surface area contributed by atoms with Gasteiger partial charge in [0, 0.05) is 18.4 Å². The third-order valence-electron chi connectivity index (χ3n) is 2.60. The number of nitrogens with zero attached hydrogens (tertiary/aromatic N) is 1. The summed E-state index contributed by atoms with van der Waals surface area (Å²) in [7, 11) is 1.33. The second-order valence-corrected chi connectivity index (χ2v) is 4.01. The van der Waals surface area contributed by atoms with E-state index in [9.17, 15) is 4.79 Å². The summed E-state index contributed by atoms with van der Waals surface area (Å²) in [6, 6.07) is 13.0. The summed E-state index contributed by atoms with van der Waals surface area (Å²) in [6.45, 7) is 1.15. The van der Waals surface area contributed by atoms with E-state index >= 15 is 0 Å². The van der Waals surface area contributed by atoms with Crippen LogP contribution in [-0.2, 0) is 4.74 Å². The number of benzene rings is 1. The van der Waals surface area contributed by atoms with Crippen LogP contribution in [0.2, 0.25) is 0 Å². The van der Waals surface area contributed by atoms with Gasteiger partial charge in [-0.2, -0.15) is 0 Å². The minimum Gasteiger partial charge on any atom is -0.492 e. The summed E-state index contributed by atoms with van der Waals surface area (Å²) in [4.78, 5) is 15.3. The number of ether oxygens (including phenoxy) is 2. The highest BCUT2D eigenvalue weighted by atomic mass is 16.5. The van der Waals surface area contributed by atoms with E-state index in [2.05, 4.69) is 15.0 Å². The summed E-state index contributed by atoms with van der Waals surface area (Å²) >= 11 is 0. The molecular weight excluding hydrogens is 256 g/mol. The Bertz CT molecular complexity index is 558. The molecule has 1 heterocycles. The molecule has 0 amide bonds. The molecule has 1 aromatic carbocycles. The molecule has 5 nitrogen and oxygen atoms in total. The van der Waals surface area contributed by atoms with Crippen molar-refractivity contribution in [1.82, 2.24) is 4.98 Å². The summed E-state index contributed by atoms with van der Waals surface area (Å²) in [6.07, 6.45) is 1.56. The molecule has 0 aliphatic rings. The molecule has 0 atom stereocenters. The van der Waals surface area contributed by atoms with Crippen LogP contribution in [0.5, 0.6) is 5.75 Å². The fraction of sp³-hybridized carbons (Fsp3) is 0.200. The van der Waals surface area contributed by atoms with E-state index in [1.54, 1.807) is 18.3 Å². The molecule has 0 saturated heterocycles. The van der Waals surface area contributed by atoms with Gasteiger partial charge in [-0.3, -0.25) is 0 Å². The molecule has 0 aliphatic heterocycles. The Kier molecular flexibility index (Phi) is 4.94. The van der Waals surface area contributed by atoms with Crippen molar-refractivity contribution in [2.45, 2.75) is 0 Å². The highest BCUT2D eigenvalue weighted by molar-refractivity contribution is 5.88. The SMILES string of the molecule is COC(=O)c1cc(NCCOc2ccccc2)ccn1. The zero-order valence-electron chi connectivity index (χ0n) is 11.2. The van der Waals surface area contributed by atoms with Crippen molar-refractivity contribution in [1.29, 1.82) is 0 Å². The maximum atomic E-state index is 11.3. The number of carbonyl (C=O) groups excluding carboxylic acids is 1. The smallest absolute Gasteiger partial charge is 0.356 e. The standard InChI is InChI=1S/C15H16N2O3/c1-19-15(18)14-11-12(7-8-17-14)16-9-10-20-13-5-3-2-4-6-13/h2-8,11H,9-10H2,1H3,(H,16,17). The second kappa shape index (κ2) is 7.13. The lowest BCUT2D eigenvalue weighted by Crippen LogP contribution is -2.12. The summed E-state index contributed by atoms with van der Waals surface area (Å²) in [5.41, 5.74) is 1.08. The Balaban J connectivity index is 1.81. The minimum atomic E-state index is -0.450. The number of esters is 1. The minimum absolute atomic E-state index is 0.279. The van der Waals surface area contributed by atoms with Crippen LogP contribution in [-0.4, -0.2) is 31.2 Å².